The maximum Gasteiger partial charge on any atom is 0.212 e. The van der Waals surface area contributed by atoms with E-state index in [1.165, 1.54) is 5.56 Å². The van der Waals surface area contributed by atoms with Gasteiger partial charge in [0.15, 0.2) is 11.5 Å². The Labute approximate surface area is 141 Å². The molecule has 0 radical (unpaired) electrons. The van der Waals surface area contributed by atoms with Gasteiger partial charge in [0.25, 0.3) is 0 Å². The lowest BCUT2D eigenvalue weighted by molar-refractivity contribution is 0.739. The molecule has 0 aliphatic carbocycles. The normalized spacial score (nSPS) is 16.7. The van der Waals surface area contributed by atoms with Crippen molar-refractivity contribution in [2.75, 3.05) is 5.43 Å². The van der Waals surface area contributed by atoms with Gasteiger partial charge < -0.3 is 5.43 Å². The molecule has 1 aromatic carbocycles. The van der Waals surface area contributed by atoms with E-state index in [1.807, 2.05) is 4.68 Å². The minimum absolute atomic E-state index is 0.000729. The third-order valence-electron chi connectivity index (χ3n) is 4.22. The Balaban J connectivity index is 1.69. The number of hydrogen-bond acceptors (Lipinski definition) is 7. The lowest BCUT2D eigenvalue weighted by atomic mass is 10.1. The number of tetrazole rings is 1. The van der Waals surface area contributed by atoms with Crippen molar-refractivity contribution in [3.05, 3.63) is 41.2 Å². The fourth-order valence-electron chi connectivity index (χ4n) is 3.05. The third kappa shape index (κ3) is 1.84. The van der Waals surface area contributed by atoms with Crippen LogP contribution in [-0.4, -0.2) is 34.9 Å². The standard InChI is InChI=1S/C15H14N8S/c1-3-12-16-18-15-23(12)19-14(24-15)10-7-9-6-8(2)4-5-11(9)22-13(10)17-20-21-22/h4-7,14,19H,3H2,1-2H3. The zero-order chi connectivity index (χ0) is 16.3. The average molecular weight is 338 g/mol. The van der Waals surface area contributed by atoms with Crippen molar-refractivity contribution in [1.82, 2.24) is 34.9 Å². The molecule has 0 saturated carbocycles. The second-order valence-corrected chi connectivity index (χ2v) is 6.86. The van der Waals surface area contributed by atoms with Crippen LogP contribution in [-0.2, 0) is 6.42 Å². The van der Waals surface area contributed by atoms with Crippen LogP contribution < -0.4 is 5.43 Å². The van der Waals surface area contributed by atoms with Crippen LogP contribution in [0.25, 0.3) is 16.6 Å². The highest BCUT2D eigenvalue weighted by Gasteiger charge is 2.29. The minimum atomic E-state index is -0.000729. The van der Waals surface area contributed by atoms with Crippen LogP contribution in [0.1, 0.15) is 29.2 Å². The van der Waals surface area contributed by atoms with Crippen molar-refractivity contribution >= 4 is 28.3 Å². The van der Waals surface area contributed by atoms with Crippen molar-refractivity contribution in [1.29, 1.82) is 0 Å². The Morgan fingerprint density at radius 2 is 2.12 bits per heavy atom. The zero-order valence-corrected chi connectivity index (χ0v) is 13.9. The Kier molecular flexibility index (Phi) is 2.81. The Morgan fingerprint density at radius 3 is 3.00 bits per heavy atom. The summed E-state index contributed by atoms with van der Waals surface area (Å²) < 4.78 is 3.75. The van der Waals surface area contributed by atoms with E-state index in [9.17, 15) is 0 Å². The van der Waals surface area contributed by atoms with Gasteiger partial charge in [-0.05, 0) is 35.5 Å². The molecule has 9 heteroatoms. The van der Waals surface area contributed by atoms with Gasteiger partial charge in [-0.3, -0.25) is 0 Å². The highest BCUT2D eigenvalue weighted by molar-refractivity contribution is 7.99. The molecule has 8 nitrogen and oxygen atoms in total. The molecule has 0 bridgehead atoms. The van der Waals surface area contributed by atoms with Gasteiger partial charge in [-0.15, -0.1) is 15.3 Å². The van der Waals surface area contributed by atoms with E-state index in [-0.39, 0.29) is 5.37 Å². The molecular weight excluding hydrogens is 324 g/mol. The van der Waals surface area contributed by atoms with Gasteiger partial charge >= 0.3 is 0 Å². The maximum absolute atomic E-state index is 4.24. The molecule has 1 aliphatic heterocycles. The number of aryl methyl sites for hydroxylation is 2. The second kappa shape index (κ2) is 4.91. The van der Waals surface area contributed by atoms with E-state index in [1.54, 1.807) is 16.3 Å². The number of aromatic nitrogens is 7. The summed E-state index contributed by atoms with van der Waals surface area (Å²) in [6.45, 7) is 4.15. The van der Waals surface area contributed by atoms with Crippen LogP contribution in [0, 0.1) is 6.92 Å². The molecule has 1 atom stereocenters. The smallest absolute Gasteiger partial charge is 0.212 e. The van der Waals surface area contributed by atoms with Gasteiger partial charge in [-0.2, -0.15) is 4.52 Å². The largest absolute Gasteiger partial charge is 0.304 e. The van der Waals surface area contributed by atoms with Crippen LogP contribution >= 0.6 is 11.8 Å². The fraction of sp³-hybridized carbons (Fsp3) is 0.267. The van der Waals surface area contributed by atoms with Crippen molar-refractivity contribution in [3.8, 4) is 0 Å². The van der Waals surface area contributed by atoms with Crippen LogP contribution in [0.3, 0.4) is 0 Å². The van der Waals surface area contributed by atoms with Gasteiger partial charge in [0.05, 0.1) is 5.52 Å². The fourth-order valence-corrected chi connectivity index (χ4v) is 4.07. The molecule has 0 saturated heterocycles. The Bertz CT molecular complexity index is 1080. The van der Waals surface area contributed by atoms with Crippen molar-refractivity contribution in [2.45, 2.75) is 30.8 Å². The summed E-state index contributed by atoms with van der Waals surface area (Å²) in [6, 6.07) is 8.43. The van der Waals surface area contributed by atoms with E-state index in [0.717, 1.165) is 39.5 Å². The molecule has 4 aromatic rings. The number of benzene rings is 1. The van der Waals surface area contributed by atoms with Crippen LogP contribution in [0.4, 0.5) is 0 Å². The molecule has 1 N–H and O–H groups in total. The van der Waals surface area contributed by atoms with Crippen LogP contribution in [0.15, 0.2) is 29.4 Å². The predicted molar refractivity (Wildman–Crippen MR) is 90.4 cm³/mol. The van der Waals surface area contributed by atoms with E-state index in [0.29, 0.717) is 0 Å². The first-order chi connectivity index (χ1) is 11.7. The van der Waals surface area contributed by atoms with Crippen molar-refractivity contribution < 1.29 is 0 Å². The summed E-state index contributed by atoms with van der Waals surface area (Å²) in [7, 11) is 0. The summed E-state index contributed by atoms with van der Waals surface area (Å²) >= 11 is 1.63. The number of hydrogen-bond donors (Lipinski definition) is 1. The van der Waals surface area contributed by atoms with Crippen molar-refractivity contribution in [2.24, 2.45) is 0 Å². The molecule has 120 valence electrons. The topological polar surface area (TPSA) is 85.8 Å². The highest BCUT2D eigenvalue weighted by atomic mass is 32.2. The molecule has 4 heterocycles. The van der Waals surface area contributed by atoms with Crippen LogP contribution in [0.5, 0.6) is 0 Å². The monoisotopic (exact) mass is 338 g/mol. The molecule has 0 amide bonds. The average Bonchev–Trinajstić information content (AvgIpc) is 3.28. The SMILES string of the molecule is CCc1nnc2n1NC(c1cc3cc(C)ccc3n3nnnc13)S2. The number of nitrogens with zero attached hydrogens (tertiary/aromatic N) is 7. The first kappa shape index (κ1) is 13.7. The summed E-state index contributed by atoms with van der Waals surface area (Å²) in [6.07, 6.45) is 0.825. The van der Waals surface area contributed by atoms with E-state index < -0.39 is 0 Å². The number of thioether (sulfide) groups is 1. The maximum atomic E-state index is 4.24. The third-order valence-corrected chi connectivity index (χ3v) is 5.29. The lowest BCUT2D eigenvalue weighted by Gasteiger charge is -2.13. The number of fused-ring (bicyclic) bond motifs is 4. The molecule has 3 aromatic heterocycles. The summed E-state index contributed by atoms with van der Waals surface area (Å²) in [5, 5.41) is 22.7. The van der Waals surface area contributed by atoms with Gasteiger partial charge in [0.1, 0.15) is 5.37 Å². The zero-order valence-electron chi connectivity index (χ0n) is 13.1. The van der Waals surface area contributed by atoms with E-state index in [4.69, 9.17) is 0 Å². The number of nitrogens with one attached hydrogen (secondary N) is 1. The first-order valence-corrected chi connectivity index (χ1v) is 8.61. The quantitative estimate of drug-likeness (QED) is 0.599. The number of pyridine rings is 1. The van der Waals surface area contributed by atoms with Gasteiger partial charge in [-0.1, -0.05) is 30.3 Å². The van der Waals surface area contributed by atoms with E-state index >= 15 is 0 Å². The van der Waals surface area contributed by atoms with Gasteiger partial charge in [-0.25, -0.2) is 4.68 Å². The van der Waals surface area contributed by atoms with E-state index in [2.05, 4.69) is 69.3 Å². The number of rotatable bonds is 2. The second-order valence-electron chi connectivity index (χ2n) is 5.79. The minimum Gasteiger partial charge on any atom is -0.304 e. The Morgan fingerprint density at radius 1 is 1.21 bits per heavy atom. The lowest BCUT2D eigenvalue weighted by Crippen LogP contribution is -2.16. The van der Waals surface area contributed by atoms with Gasteiger partial charge in [0.2, 0.25) is 5.16 Å². The molecule has 0 fully saturated rings. The molecule has 1 aliphatic rings. The molecule has 24 heavy (non-hydrogen) atoms. The molecular formula is C15H14N8S. The molecule has 0 spiro atoms. The predicted octanol–water partition coefficient (Wildman–Crippen LogP) is 2.09. The molecule has 1 unspecified atom stereocenters. The first-order valence-electron chi connectivity index (χ1n) is 7.73. The summed E-state index contributed by atoms with van der Waals surface area (Å²) in [5.74, 6) is 0.923. The van der Waals surface area contributed by atoms with Gasteiger partial charge in [0, 0.05) is 17.4 Å². The summed E-state index contributed by atoms with van der Waals surface area (Å²) in [4.78, 5) is 0. The van der Waals surface area contributed by atoms with Crippen LogP contribution in [0.2, 0.25) is 0 Å². The highest BCUT2D eigenvalue weighted by Crippen LogP contribution is 2.40. The van der Waals surface area contributed by atoms with Crippen molar-refractivity contribution in [3.63, 3.8) is 0 Å². The Hall–Kier alpha value is -2.68. The molecule has 5 rings (SSSR count). The summed E-state index contributed by atoms with van der Waals surface area (Å²) in [5.41, 5.74) is 7.46.